The smallest absolute Gasteiger partial charge is 0.226 e. The first kappa shape index (κ1) is 19.4. The molecule has 0 unspecified atom stereocenters. The Labute approximate surface area is 189 Å². The van der Waals surface area contributed by atoms with Crippen molar-refractivity contribution in [3.63, 3.8) is 0 Å². The Bertz CT molecular complexity index is 1240. The minimum Gasteiger partial charge on any atom is -0.354 e. The van der Waals surface area contributed by atoms with E-state index in [-0.39, 0.29) is 12.0 Å². The topological polar surface area (TPSA) is 36.1 Å². The highest BCUT2D eigenvalue weighted by Crippen LogP contribution is 2.52. The molecule has 0 bridgehead atoms. The minimum absolute atomic E-state index is 0.0966. The van der Waals surface area contributed by atoms with Gasteiger partial charge in [-0.3, -0.25) is 4.79 Å². The summed E-state index contributed by atoms with van der Waals surface area (Å²) in [4.78, 5) is 19.7. The third-order valence-electron chi connectivity index (χ3n) is 7.46. The van der Waals surface area contributed by atoms with Crippen molar-refractivity contribution in [3.05, 3.63) is 96.1 Å². The van der Waals surface area contributed by atoms with E-state index in [9.17, 15) is 4.79 Å². The van der Waals surface area contributed by atoms with Gasteiger partial charge in [0.25, 0.3) is 0 Å². The van der Waals surface area contributed by atoms with Gasteiger partial charge in [0, 0.05) is 28.9 Å². The lowest BCUT2D eigenvalue weighted by molar-refractivity contribution is -0.133. The molecule has 1 N–H and O–H groups in total. The highest BCUT2D eigenvalue weighted by Gasteiger charge is 2.50. The summed E-state index contributed by atoms with van der Waals surface area (Å²) in [7, 11) is 0. The number of rotatable bonds is 4. The molecule has 1 saturated carbocycles. The van der Waals surface area contributed by atoms with Gasteiger partial charge in [0.1, 0.15) is 0 Å². The van der Waals surface area contributed by atoms with Crippen molar-refractivity contribution >= 4 is 16.8 Å². The summed E-state index contributed by atoms with van der Waals surface area (Å²) in [5, 5.41) is 1.24. The molecule has 3 nitrogen and oxygen atoms in total. The molecule has 1 aliphatic carbocycles. The number of amides is 1. The fourth-order valence-corrected chi connectivity index (χ4v) is 6.05. The number of hydrogen-bond acceptors (Lipinski definition) is 1. The number of carbonyl (C=O) groups is 1. The number of H-pyrrole nitrogens is 1. The lowest BCUT2D eigenvalue weighted by Gasteiger charge is -2.31. The molecule has 160 valence electrons. The van der Waals surface area contributed by atoms with E-state index in [1.54, 1.807) is 0 Å². The summed E-state index contributed by atoms with van der Waals surface area (Å²) in [5.74, 6) is 0.865. The van der Waals surface area contributed by atoms with Crippen LogP contribution >= 0.6 is 0 Å². The van der Waals surface area contributed by atoms with Gasteiger partial charge in [-0.25, -0.2) is 0 Å². The van der Waals surface area contributed by atoms with Crippen LogP contribution in [-0.2, 0) is 11.3 Å². The van der Waals surface area contributed by atoms with Gasteiger partial charge in [-0.1, -0.05) is 91.7 Å². The zero-order valence-electron chi connectivity index (χ0n) is 18.2. The normalized spacial score (nSPS) is 22.9. The number of fused-ring (bicyclic) bond motifs is 2. The number of benzene rings is 3. The van der Waals surface area contributed by atoms with Crippen molar-refractivity contribution < 1.29 is 4.79 Å². The SMILES string of the molecule is O=C1[C@H]2CCCC[C@@H]2[C@H](c2c(-c3ccccc3)[nH]c3ccccc23)N1Cc1ccccc1. The summed E-state index contributed by atoms with van der Waals surface area (Å²) in [6.45, 7) is 0.672. The Morgan fingerprint density at radius 3 is 2.31 bits per heavy atom. The summed E-state index contributed by atoms with van der Waals surface area (Å²) in [6, 6.07) is 29.7. The van der Waals surface area contributed by atoms with E-state index in [1.807, 2.05) is 6.07 Å². The maximum absolute atomic E-state index is 13.7. The fourth-order valence-electron chi connectivity index (χ4n) is 6.05. The van der Waals surface area contributed by atoms with Gasteiger partial charge in [-0.05, 0) is 36.0 Å². The number of hydrogen-bond donors (Lipinski definition) is 1. The first-order valence-corrected chi connectivity index (χ1v) is 11.8. The molecular formula is C29H28N2O. The van der Waals surface area contributed by atoms with E-state index in [1.165, 1.54) is 28.5 Å². The first-order valence-electron chi connectivity index (χ1n) is 11.8. The fraction of sp³-hybridized carbons (Fsp3) is 0.276. The van der Waals surface area contributed by atoms with E-state index >= 15 is 0 Å². The molecule has 2 fully saturated rings. The molecule has 32 heavy (non-hydrogen) atoms. The average Bonchev–Trinajstić information content (AvgIpc) is 3.36. The van der Waals surface area contributed by atoms with Crippen molar-refractivity contribution in [3.8, 4) is 11.3 Å². The molecule has 3 aromatic carbocycles. The van der Waals surface area contributed by atoms with Crippen molar-refractivity contribution in [2.45, 2.75) is 38.3 Å². The van der Waals surface area contributed by atoms with Crippen LogP contribution in [0.5, 0.6) is 0 Å². The molecule has 3 heteroatoms. The lowest BCUT2D eigenvalue weighted by atomic mass is 9.76. The van der Waals surface area contributed by atoms with Crippen LogP contribution in [0.3, 0.4) is 0 Å². The highest BCUT2D eigenvalue weighted by molar-refractivity contribution is 5.93. The Hall–Kier alpha value is -3.33. The summed E-state index contributed by atoms with van der Waals surface area (Å²) in [6.07, 6.45) is 4.53. The molecule has 2 aliphatic rings. The van der Waals surface area contributed by atoms with Crippen LogP contribution in [0.15, 0.2) is 84.9 Å². The second kappa shape index (κ2) is 7.98. The Kier molecular flexibility index (Phi) is 4.83. The van der Waals surface area contributed by atoms with Gasteiger partial charge >= 0.3 is 0 Å². The predicted octanol–water partition coefficient (Wildman–Crippen LogP) is 6.72. The van der Waals surface area contributed by atoms with Crippen LogP contribution in [0, 0.1) is 11.8 Å². The van der Waals surface area contributed by atoms with Gasteiger partial charge in [-0.15, -0.1) is 0 Å². The molecule has 1 amide bonds. The molecule has 1 aromatic heterocycles. The molecule has 0 radical (unpaired) electrons. The summed E-state index contributed by atoms with van der Waals surface area (Å²) < 4.78 is 0. The largest absolute Gasteiger partial charge is 0.354 e. The molecule has 1 aliphatic heterocycles. The third kappa shape index (κ3) is 3.15. The molecule has 3 atom stereocenters. The van der Waals surface area contributed by atoms with Crippen molar-refractivity contribution in [2.24, 2.45) is 11.8 Å². The molecule has 6 rings (SSSR count). The Balaban J connectivity index is 1.55. The van der Waals surface area contributed by atoms with Crippen LogP contribution in [0.4, 0.5) is 0 Å². The zero-order chi connectivity index (χ0) is 21.5. The summed E-state index contributed by atoms with van der Waals surface area (Å²) in [5.41, 5.74) is 5.99. The second-order valence-electron chi connectivity index (χ2n) is 9.28. The molecule has 1 saturated heterocycles. The molecule has 4 aromatic rings. The third-order valence-corrected chi connectivity index (χ3v) is 7.46. The van der Waals surface area contributed by atoms with Gasteiger partial charge in [0.2, 0.25) is 5.91 Å². The Morgan fingerprint density at radius 2 is 1.50 bits per heavy atom. The monoisotopic (exact) mass is 420 g/mol. The van der Waals surface area contributed by atoms with E-state index in [0.717, 1.165) is 30.5 Å². The van der Waals surface area contributed by atoms with Crippen LogP contribution < -0.4 is 0 Å². The number of likely N-dealkylation sites (tertiary alicyclic amines) is 1. The zero-order valence-corrected chi connectivity index (χ0v) is 18.2. The van der Waals surface area contributed by atoms with Gasteiger partial charge in [0.05, 0.1) is 11.7 Å². The predicted molar refractivity (Wildman–Crippen MR) is 129 cm³/mol. The van der Waals surface area contributed by atoms with E-state index in [4.69, 9.17) is 0 Å². The maximum Gasteiger partial charge on any atom is 0.226 e. The number of aromatic nitrogens is 1. The number of nitrogens with zero attached hydrogens (tertiary/aromatic N) is 1. The quantitative estimate of drug-likeness (QED) is 0.391. The van der Waals surface area contributed by atoms with Gasteiger partial charge < -0.3 is 9.88 Å². The highest BCUT2D eigenvalue weighted by atomic mass is 16.2. The first-order chi connectivity index (χ1) is 15.8. The summed E-state index contributed by atoms with van der Waals surface area (Å²) >= 11 is 0. The molecular weight excluding hydrogens is 392 g/mol. The number of carbonyl (C=O) groups excluding carboxylic acids is 1. The number of aromatic amines is 1. The van der Waals surface area contributed by atoms with Crippen LogP contribution in [0.25, 0.3) is 22.2 Å². The van der Waals surface area contributed by atoms with Crippen molar-refractivity contribution in [1.29, 1.82) is 0 Å². The van der Waals surface area contributed by atoms with Crippen LogP contribution in [0.1, 0.15) is 42.9 Å². The maximum atomic E-state index is 13.7. The molecule has 2 heterocycles. The van der Waals surface area contributed by atoms with Gasteiger partial charge in [-0.2, -0.15) is 0 Å². The second-order valence-corrected chi connectivity index (χ2v) is 9.28. The van der Waals surface area contributed by atoms with Crippen LogP contribution in [0.2, 0.25) is 0 Å². The van der Waals surface area contributed by atoms with Gasteiger partial charge in [0.15, 0.2) is 0 Å². The lowest BCUT2D eigenvalue weighted by Crippen LogP contribution is -2.29. The molecule has 0 spiro atoms. The van der Waals surface area contributed by atoms with E-state index in [0.29, 0.717) is 18.4 Å². The average molecular weight is 421 g/mol. The van der Waals surface area contributed by atoms with Crippen molar-refractivity contribution in [1.82, 2.24) is 9.88 Å². The number of nitrogens with one attached hydrogen (secondary N) is 1. The van der Waals surface area contributed by atoms with E-state index < -0.39 is 0 Å². The van der Waals surface area contributed by atoms with Crippen LogP contribution in [-0.4, -0.2) is 15.8 Å². The number of para-hydroxylation sites is 1. The van der Waals surface area contributed by atoms with Crippen molar-refractivity contribution in [2.75, 3.05) is 0 Å². The van der Waals surface area contributed by atoms with E-state index in [2.05, 4.69) is 88.7 Å². The Morgan fingerprint density at radius 1 is 0.812 bits per heavy atom. The standard InChI is InChI=1S/C29H28N2O/c32-29-23-16-8-7-15-22(23)28(31(29)19-20-11-3-1-4-12-20)26-24-17-9-10-18-25(24)30-27(26)21-13-5-2-6-14-21/h1-6,9-14,17-18,22-23,28,30H,7-8,15-16,19H2/t22-,23-,28+/m0/s1. The minimum atomic E-state index is 0.0966.